The Morgan fingerprint density at radius 1 is 1.53 bits per heavy atom. The second-order valence-electron chi connectivity index (χ2n) is 3.34. The van der Waals surface area contributed by atoms with Crippen molar-refractivity contribution in [3.05, 3.63) is 35.9 Å². The molecule has 4 heteroatoms. The summed E-state index contributed by atoms with van der Waals surface area (Å²) in [5, 5.41) is 8.74. The Kier molecular flexibility index (Phi) is 2.78. The maximum absolute atomic E-state index is 10.8. The lowest BCUT2D eigenvalue weighted by Gasteiger charge is -2.00. The highest BCUT2D eigenvalue weighted by Gasteiger charge is 2.05. The highest BCUT2D eigenvalue weighted by Crippen LogP contribution is 2.12. The van der Waals surface area contributed by atoms with Crippen molar-refractivity contribution in [3.63, 3.8) is 0 Å². The van der Waals surface area contributed by atoms with E-state index < -0.39 is 0 Å². The minimum Gasteiger partial charge on any atom is -0.396 e. The van der Waals surface area contributed by atoms with Crippen LogP contribution in [0, 0.1) is 0 Å². The molecule has 2 heterocycles. The second kappa shape index (κ2) is 4.23. The van der Waals surface area contributed by atoms with Crippen molar-refractivity contribution < 1.29 is 9.90 Å². The molecule has 0 radical (unpaired) electrons. The number of carbonyl (C=O) groups excluding carboxylic acids is 1. The molecule has 2 aromatic heterocycles. The molecule has 15 heavy (non-hydrogen) atoms. The van der Waals surface area contributed by atoms with E-state index in [1.807, 2.05) is 16.7 Å². The molecule has 4 nitrogen and oxygen atoms in total. The maximum atomic E-state index is 10.8. The summed E-state index contributed by atoms with van der Waals surface area (Å²) in [7, 11) is 0. The lowest BCUT2D eigenvalue weighted by atomic mass is 10.2. The average Bonchev–Trinajstić information content (AvgIpc) is 2.69. The number of aromatic nitrogens is 2. The molecule has 2 aromatic rings. The number of imidazole rings is 1. The Bertz CT molecular complexity index is 476. The number of aliphatic hydroxyl groups excluding tert-OH is 1. The van der Waals surface area contributed by atoms with E-state index in [1.54, 1.807) is 12.3 Å². The Labute approximate surface area is 87.2 Å². The highest BCUT2D eigenvalue weighted by atomic mass is 16.2. The first-order valence-corrected chi connectivity index (χ1v) is 4.88. The first-order valence-electron chi connectivity index (χ1n) is 4.88. The van der Waals surface area contributed by atoms with Gasteiger partial charge in [0, 0.05) is 24.8 Å². The zero-order valence-corrected chi connectivity index (χ0v) is 8.26. The van der Waals surface area contributed by atoms with Crippen molar-refractivity contribution in [2.75, 3.05) is 6.61 Å². The fourth-order valence-corrected chi connectivity index (χ4v) is 1.62. The molecule has 0 aromatic carbocycles. The Hall–Kier alpha value is -1.68. The van der Waals surface area contributed by atoms with Crippen LogP contribution < -0.4 is 0 Å². The Balaban J connectivity index is 2.46. The van der Waals surface area contributed by atoms with E-state index in [1.165, 1.54) is 0 Å². The quantitative estimate of drug-likeness (QED) is 0.758. The van der Waals surface area contributed by atoms with Gasteiger partial charge in [0.05, 0.1) is 11.7 Å². The van der Waals surface area contributed by atoms with Crippen LogP contribution in [0.25, 0.3) is 5.52 Å². The lowest BCUT2D eigenvalue weighted by Crippen LogP contribution is -1.97. The molecule has 0 spiro atoms. The zero-order chi connectivity index (χ0) is 10.7. The van der Waals surface area contributed by atoms with E-state index in [2.05, 4.69) is 4.98 Å². The minimum atomic E-state index is 0.155. The standard InChI is InChI=1S/C11H12N2O2/c14-6-2-4-11-12-7-10-9(8-15)3-1-5-13(10)11/h1,3,5,7-8,14H,2,4,6H2. The molecule has 78 valence electrons. The van der Waals surface area contributed by atoms with Crippen LogP contribution in [0.4, 0.5) is 0 Å². The van der Waals surface area contributed by atoms with Crippen molar-refractivity contribution in [3.8, 4) is 0 Å². The molecule has 1 N–H and O–H groups in total. The van der Waals surface area contributed by atoms with Crippen molar-refractivity contribution in [1.29, 1.82) is 0 Å². The summed E-state index contributed by atoms with van der Waals surface area (Å²) in [5.74, 6) is 0.878. The SMILES string of the molecule is O=Cc1cccn2c(CCCO)ncc12. The molecule has 0 aliphatic carbocycles. The van der Waals surface area contributed by atoms with Crippen LogP contribution in [-0.4, -0.2) is 27.4 Å². The van der Waals surface area contributed by atoms with Gasteiger partial charge in [-0.05, 0) is 18.6 Å². The smallest absolute Gasteiger partial charge is 0.152 e. The van der Waals surface area contributed by atoms with E-state index in [9.17, 15) is 4.79 Å². The van der Waals surface area contributed by atoms with Gasteiger partial charge in [0.1, 0.15) is 5.82 Å². The topological polar surface area (TPSA) is 54.6 Å². The van der Waals surface area contributed by atoms with E-state index in [0.29, 0.717) is 18.4 Å². The number of nitrogens with zero attached hydrogens (tertiary/aromatic N) is 2. The van der Waals surface area contributed by atoms with E-state index in [-0.39, 0.29) is 6.61 Å². The number of rotatable bonds is 4. The molecule has 0 unspecified atom stereocenters. The third kappa shape index (κ3) is 1.76. The predicted molar refractivity (Wildman–Crippen MR) is 56.0 cm³/mol. The highest BCUT2D eigenvalue weighted by molar-refractivity contribution is 5.85. The number of aliphatic hydroxyl groups is 1. The summed E-state index contributed by atoms with van der Waals surface area (Å²) in [6, 6.07) is 3.58. The second-order valence-corrected chi connectivity index (χ2v) is 3.34. The summed E-state index contributed by atoms with van der Waals surface area (Å²) < 4.78 is 1.89. The number of pyridine rings is 1. The van der Waals surface area contributed by atoms with Gasteiger partial charge in [0.25, 0.3) is 0 Å². The molecule has 0 bridgehead atoms. The normalized spacial score (nSPS) is 10.7. The van der Waals surface area contributed by atoms with Gasteiger partial charge in [-0.1, -0.05) is 0 Å². The minimum absolute atomic E-state index is 0.155. The molecule has 0 saturated carbocycles. The summed E-state index contributed by atoms with van der Waals surface area (Å²) in [4.78, 5) is 15.0. The first kappa shape index (κ1) is 9.86. The molecular formula is C11H12N2O2. The van der Waals surface area contributed by atoms with Gasteiger partial charge in [-0.3, -0.25) is 4.79 Å². The van der Waals surface area contributed by atoms with Crippen LogP contribution in [0.15, 0.2) is 24.5 Å². The van der Waals surface area contributed by atoms with E-state index in [0.717, 1.165) is 17.6 Å². The molecular weight excluding hydrogens is 192 g/mol. The number of fused-ring (bicyclic) bond motifs is 1. The molecule has 0 atom stereocenters. The molecule has 0 fully saturated rings. The van der Waals surface area contributed by atoms with Crippen LogP contribution in [0.5, 0.6) is 0 Å². The van der Waals surface area contributed by atoms with Gasteiger partial charge in [-0.2, -0.15) is 0 Å². The Morgan fingerprint density at radius 3 is 3.13 bits per heavy atom. The Morgan fingerprint density at radius 2 is 2.40 bits per heavy atom. The third-order valence-corrected chi connectivity index (χ3v) is 2.37. The van der Waals surface area contributed by atoms with Crippen molar-refractivity contribution in [2.45, 2.75) is 12.8 Å². The number of aryl methyl sites for hydroxylation is 1. The molecule has 0 amide bonds. The zero-order valence-electron chi connectivity index (χ0n) is 8.26. The van der Waals surface area contributed by atoms with Crippen molar-refractivity contribution >= 4 is 11.8 Å². The average molecular weight is 204 g/mol. The fraction of sp³-hybridized carbons (Fsp3) is 0.273. The van der Waals surface area contributed by atoms with Gasteiger partial charge in [0.2, 0.25) is 0 Å². The van der Waals surface area contributed by atoms with Crippen molar-refractivity contribution in [2.24, 2.45) is 0 Å². The molecule has 0 saturated heterocycles. The molecule has 0 aliphatic rings. The molecule has 2 rings (SSSR count). The van der Waals surface area contributed by atoms with Gasteiger partial charge in [-0.25, -0.2) is 4.98 Å². The van der Waals surface area contributed by atoms with Crippen LogP contribution in [0.1, 0.15) is 22.6 Å². The number of hydrogen-bond donors (Lipinski definition) is 1. The van der Waals surface area contributed by atoms with Gasteiger partial charge < -0.3 is 9.51 Å². The number of hydrogen-bond acceptors (Lipinski definition) is 3. The fourth-order valence-electron chi connectivity index (χ4n) is 1.62. The number of aldehydes is 1. The van der Waals surface area contributed by atoms with E-state index >= 15 is 0 Å². The summed E-state index contributed by atoms with van der Waals surface area (Å²) >= 11 is 0. The lowest BCUT2D eigenvalue weighted by molar-refractivity contribution is 0.112. The van der Waals surface area contributed by atoms with Gasteiger partial charge in [0.15, 0.2) is 6.29 Å². The van der Waals surface area contributed by atoms with Crippen LogP contribution in [0.2, 0.25) is 0 Å². The van der Waals surface area contributed by atoms with Crippen LogP contribution in [0.3, 0.4) is 0 Å². The summed E-state index contributed by atoms with van der Waals surface area (Å²) in [6.07, 6.45) is 5.79. The van der Waals surface area contributed by atoms with E-state index in [4.69, 9.17) is 5.11 Å². The maximum Gasteiger partial charge on any atom is 0.152 e. The molecule has 0 aliphatic heterocycles. The van der Waals surface area contributed by atoms with Crippen molar-refractivity contribution in [1.82, 2.24) is 9.38 Å². The van der Waals surface area contributed by atoms with Crippen LogP contribution >= 0.6 is 0 Å². The summed E-state index contributed by atoms with van der Waals surface area (Å²) in [5.41, 5.74) is 1.46. The first-order chi connectivity index (χ1) is 7.36. The van der Waals surface area contributed by atoms with Crippen LogP contribution in [-0.2, 0) is 6.42 Å². The third-order valence-electron chi connectivity index (χ3n) is 2.37. The predicted octanol–water partition coefficient (Wildman–Crippen LogP) is 1.07. The monoisotopic (exact) mass is 204 g/mol. The van der Waals surface area contributed by atoms with Gasteiger partial charge in [-0.15, -0.1) is 0 Å². The largest absolute Gasteiger partial charge is 0.396 e. The van der Waals surface area contributed by atoms with Gasteiger partial charge >= 0.3 is 0 Å². The number of carbonyl (C=O) groups is 1. The summed E-state index contributed by atoms with van der Waals surface area (Å²) in [6.45, 7) is 0.155.